The first-order valence-electron chi connectivity index (χ1n) is 11.0. The summed E-state index contributed by atoms with van der Waals surface area (Å²) in [6, 6.07) is 4.42. The molecule has 2 atom stereocenters. The van der Waals surface area contributed by atoms with Gasteiger partial charge in [-0.2, -0.15) is 0 Å². The minimum atomic E-state index is 0.110. The molecule has 0 aliphatic carbocycles. The van der Waals surface area contributed by atoms with Crippen LogP contribution in [0.2, 0.25) is 0 Å². The largest absolute Gasteiger partial charge is 0.380 e. The Hall–Kier alpha value is -2.36. The molecule has 2 bridgehead atoms. The van der Waals surface area contributed by atoms with Crippen molar-refractivity contribution in [3.05, 3.63) is 40.0 Å². The van der Waals surface area contributed by atoms with E-state index < -0.39 is 0 Å². The van der Waals surface area contributed by atoms with Gasteiger partial charge in [0, 0.05) is 29.1 Å². The number of aromatic nitrogens is 3. The molecule has 3 aromatic heterocycles. The smallest absolute Gasteiger partial charge is 0.255 e. The number of carbonyl (C=O) groups excluding carboxylic acids is 1. The van der Waals surface area contributed by atoms with Gasteiger partial charge in [-0.25, -0.2) is 15.0 Å². The molecule has 32 heavy (non-hydrogen) atoms. The molecule has 1 N–H and O–H groups in total. The lowest BCUT2D eigenvalue weighted by Crippen LogP contribution is -2.56. The summed E-state index contributed by atoms with van der Waals surface area (Å²) in [6.07, 6.45) is 6.06. The Bertz CT molecular complexity index is 1150. The van der Waals surface area contributed by atoms with Crippen molar-refractivity contribution in [3.63, 3.8) is 0 Å². The molecule has 1 spiro atoms. The fourth-order valence-corrected chi connectivity index (χ4v) is 7.12. The standard InChI is InChI=1S/C23H25N5O2S2/c1-13-20(32-14(2)25-13)18-10-31-22(26-18)27-19-6-3-15(9-24-19)21(29)28-16-4-5-17(28)8-23(7-16)11-30-12-23/h3,6,9-10,16-17H,4-5,7-8,11-12H2,1-2H3,(H,24,26,27)/t16-,17+. The first-order valence-corrected chi connectivity index (χ1v) is 12.7. The summed E-state index contributed by atoms with van der Waals surface area (Å²) in [5.74, 6) is 0.797. The summed E-state index contributed by atoms with van der Waals surface area (Å²) in [6.45, 7) is 5.75. The first-order chi connectivity index (χ1) is 15.5. The van der Waals surface area contributed by atoms with Crippen LogP contribution in [0.5, 0.6) is 0 Å². The number of piperidine rings is 1. The summed E-state index contributed by atoms with van der Waals surface area (Å²) < 4.78 is 5.49. The third kappa shape index (κ3) is 3.43. The molecule has 3 aliphatic heterocycles. The topological polar surface area (TPSA) is 80.2 Å². The van der Waals surface area contributed by atoms with E-state index in [2.05, 4.69) is 25.2 Å². The van der Waals surface area contributed by atoms with Crippen LogP contribution in [0.1, 0.15) is 46.7 Å². The molecule has 3 fully saturated rings. The molecule has 0 saturated carbocycles. The van der Waals surface area contributed by atoms with Gasteiger partial charge >= 0.3 is 0 Å². The van der Waals surface area contributed by atoms with Gasteiger partial charge in [-0.3, -0.25) is 4.79 Å². The van der Waals surface area contributed by atoms with Crippen LogP contribution in [0.4, 0.5) is 10.9 Å². The second-order valence-corrected chi connectivity index (χ2v) is 11.3. The van der Waals surface area contributed by atoms with Crippen molar-refractivity contribution in [3.8, 4) is 10.6 Å². The van der Waals surface area contributed by atoms with E-state index in [0.29, 0.717) is 28.9 Å². The molecule has 3 aromatic rings. The van der Waals surface area contributed by atoms with Crippen LogP contribution in [0, 0.1) is 19.3 Å². The second kappa shape index (κ2) is 7.60. The zero-order chi connectivity index (χ0) is 21.9. The van der Waals surface area contributed by atoms with Crippen LogP contribution in [0.3, 0.4) is 0 Å². The number of nitrogens with zero attached hydrogens (tertiary/aromatic N) is 4. The van der Waals surface area contributed by atoms with Gasteiger partial charge in [0.05, 0.1) is 40.0 Å². The van der Waals surface area contributed by atoms with Crippen molar-refractivity contribution < 1.29 is 9.53 Å². The van der Waals surface area contributed by atoms with Crippen molar-refractivity contribution in [1.29, 1.82) is 0 Å². The van der Waals surface area contributed by atoms with Gasteiger partial charge in [0.2, 0.25) is 0 Å². The summed E-state index contributed by atoms with van der Waals surface area (Å²) in [5, 5.41) is 7.12. The SMILES string of the molecule is Cc1nc(C)c(-c2csc(Nc3ccc(C(=O)N4[C@@H]5CC[C@H]4CC4(COC4)C5)cn3)n2)s1. The molecular weight excluding hydrogens is 442 g/mol. The number of nitrogens with one attached hydrogen (secondary N) is 1. The Morgan fingerprint density at radius 3 is 2.56 bits per heavy atom. The van der Waals surface area contributed by atoms with Gasteiger partial charge in [-0.05, 0) is 51.7 Å². The number of thiazole rings is 2. The summed E-state index contributed by atoms with van der Waals surface area (Å²) in [4.78, 5) is 30.2. The highest BCUT2D eigenvalue weighted by atomic mass is 32.1. The number of hydrogen-bond donors (Lipinski definition) is 1. The molecule has 6 heterocycles. The number of ether oxygens (including phenoxy) is 1. The molecule has 0 radical (unpaired) electrons. The van der Waals surface area contributed by atoms with Crippen LogP contribution in [0.25, 0.3) is 10.6 Å². The molecule has 3 aliphatic rings. The normalized spacial score (nSPS) is 23.4. The molecule has 6 rings (SSSR count). The number of aryl methyl sites for hydroxylation is 2. The molecule has 0 unspecified atom stereocenters. The minimum absolute atomic E-state index is 0.110. The molecule has 0 aromatic carbocycles. The lowest BCUT2D eigenvalue weighted by molar-refractivity contribution is -0.148. The van der Waals surface area contributed by atoms with E-state index in [1.54, 1.807) is 17.5 Å². The van der Waals surface area contributed by atoms with Gasteiger partial charge in [0.1, 0.15) is 5.82 Å². The van der Waals surface area contributed by atoms with Gasteiger partial charge in [-0.1, -0.05) is 0 Å². The number of rotatable bonds is 4. The zero-order valence-corrected chi connectivity index (χ0v) is 19.8. The summed E-state index contributed by atoms with van der Waals surface area (Å²) in [5.41, 5.74) is 2.93. The zero-order valence-electron chi connectivity index (χ0n) is 18.1. The van der Waals surface area contributed by atoms with Crippen molar-refractivity contribution in [2.24, 2.45) is 5.41 Å². The number of pyridine rings is 1. The minimum Gasteiger partial charge on any atom is -0.380 e. The lowest BCUT2D eigenvalue weighted by atomic mass is 9.73. The maximum atomic E-state index is 13.3. The third-order valence-corrected chi connectivity index (χ3v) is 8.75. The van der Waals surface area contributed by atoms with Gasteiger partial charge in [-0.15, -0.1) is 22.7 Å². The highest BCUT2D eigenvalue weighted by Crippen LogP contribution is 2.49. The monoisotopic (exact) mass is 467 g/mol. The predicted molar refractivity (Wildman–Crippen MR) is 126 cm³/mol. The van der Waals surface area contributed by atoms with Crippen LogP contribution in [0.15, 0.2) is 23.7 Å². The average molecular weight is 468 g/mol. The Morgan fingerprint density at radius 1 is 1.19 bits per heavy atom. The molecule has 9 heteroatoms. The van der Waals surface area contributed by atoms with Gasteiger partial charge in [0.15, 0.2) is 5.13 Å². The number of carbonyl (C=O) groups is 1. The van der Waals surface area contributed by atoms with Gasteiger partial charge < -0.3 is 15.0 Å². The van der Waals surface area contributed by atoms with E-state index in [0.717, 1.165) is 65.3 Å². The Labute approximate surface area is 194 Å². The van der Waals surface area contributed by atoms with E-state index in [1.807, 2.05) is 31.4 Å². The lowest BCUT2D eigenvalue weighted by Gasteiger charge is -2.51. The van der Waals surface area contributed by atoms with Crippen molar-refractivity contribution >= 4 is 39.5 Å². The highest BCUT2D eigenvalue weighted by Gasteiger charge is 2.53. The Morgan fingerprint density at radius 2 is 1.97 bits per heavy atom. The van der Waals surface area contributed by atoms with Crippen molar-refractivity contribution in [1.82, 2.24) is 19.9 Å². The van der Waals surface area contributed by atoms with Crippen LogP contribution in [-0.2, 0) is 4.74 Å². The van der Waals surface area contributed by atoms with Crippen LogP contribution < -0.4 is 5.32 Å². The molecular formula is C23H25N5O2S2. The van der Waals surface area contributed by atoms with E-state index in [-0.39, 0.29) is 5.91 Å². The van der Waals surface area contributed by atoms with Gasteiger partial charge in [0.25, 0.3) is 5.91 Å². The number of hydrogen-bond acceptors (Lipinski definition) is 8. The Kier molecular flexibility index (Phi) is 4.81. The molecule has 166 valence electrons. The molecule has 1 amide bonds. The van der Waals surface area contributed by atoms with E-state index in [4.69, 9.17) is 4.74 Å². The highest BCUT2D eigenvalue weighted by molar-refractivity contribution is 7.16. The maximum absolute atomic E-state index is 13.3. The summed E-state index contributed by atoms with van der Waals surface area (Å²) in [7, 11) is 0. The first kappa shape index (κ1) is 20.3. The maximum Gasteiger partial charge on any atom is 0.255 e. The fraction of sp³-hybridized carbons (Fsp3) is 0.478. The quantitative estimate of drug-likeness (QED) is 0.593. The average Bonchev–Trinajstić information content (AvgIpc) is 3.42. The van der Waals surface area contributed by atoms with E-state index in [1.165, 1.54) is 11.3 Å². The molecule has 7 nitrogen and oxygen atoms in total. The molecule has 3 saturated heterocycles. The van der Waals surface area contributed by atoms with Crippen molar-refractivity contribution in [2.75, 3.05) is 18.5 Å². The van der Waals surface area contributed by atoms with E-state index >= 15 is 0 Å². The fourth-order valence-electron chi connectivity index (χ4n) is 5.46. The third-order valence-electron chi connectivity index (χ3n) is 6.89. The number of anilines is 2. The van der Waals surface area contributed by atoms with Crippen LogP contribution in [-0.4, -0.2) is 51.1 Å². The summed E-state index contributed by atoms with van der Waals surface area (Å²) >= 11 is 3.19. The second-order valence-electron chi connectivity index (χ2n) is 9.24. The Balaban J connectivity index is 1.14. The van der Waals surface area contributed by atoms with Crippen LogP contribution >= 0.6 is 22.7 Å². The van der Waals surface area contributed by atoms with Crippen molar-refractivity contribution in [2.45, 2.75) is 51.6 Å². The number of fused-ring (bicyclic) bond motifs is 2. The predicted octanol–water partition coefficient (Wildman–Crippen LogP) is 4.81. The van der Waals surface area contributed by atoms with E-state index in [9.17, 15) is 4.79 Å². The number of amides is 1.